The summed E-state index contributed by atoms with van der Waals surface area (Å²) in [5.74, 6) is -0.466. The second-order valence-corrected chi connectivity index (χ2v) is 4.75. The molecule has 2 N–H and O–H groups in total. The summed E-state index contributed by atoms with van der Waals surface area (Å²) in [7, 11) is 3.08. The minimum Gasteiger partial charge on any atom is -0.389 e. The van der Waals surface area contributed by atoms with E-state index in [1.807, 2.05) is 13.8 Å². The van der Waals surface area contributed by atoms with Crippen molar-refractivity contribution in [1.82, 2.24) is 10.2 Å². The molecule has 0 spiro atoms. The molecule has 0 fully saturated rings. The number of hydrogen-bond acceptors (Lipinski definition) is 4. The Morgan fingerprint density at radius 2 is 1.94 bits per heavy atom. The fourth-order valence-corrected chi connectivity index (χ4v) is 1.62. The number of aliphatic hydroxyl groups is 1. The van der Waals surface area contributed by atoms with Gasteiger partial charge < -0.3 is 20.1 Å². The third kappa shape index (κ3) is 5.97. The number of ether oxygens (including phenoxy) is 1. The molecule has 0 radical (unpaired) electrons. The van der Waals surface area contributed by atoms with Gasteiger partial charge in [0, 0.05) is 27.6 Å². The molecule has 0 aromatic heterocycles. The lowest BCUT2D eigenvalue weighted by molar-refractivity contribution is -0.137. The predicted molar refractivity (Wildman–Crippen MR) is 68.0 cm³/mol. The molecule has 18 heavy (non-hydrogen) atoms. The lowest BCUT2D eigenvalue weighted by Gasteiger charge is -2.28. The van der Waals surface area contributed by atoms with E-state index in [1.54, 1.807) is 7.05 Å². The summed E-state index contributed by atoms with van der Waals surface area (Å²) in [4.78, 5) is 24.6. The molecule has 2 unspecified atom stereocenters. The van der Waals surface area contributed by atoms with Crippen molar-refractivity contribution >= 4 is 11.8 Å². The van der Waals surface area contributed by atoms with Crippen LogP contribution in [0.25, 0.3) is 0 Å². The molecule has 106 valence electrons. The van der Waals surface area contributed by atoms with Crippen molar-refractivity contribution < 1.29 is 19.4 Å². The Hall–Kier alpha value is -1.14. The molecule has 2 amide bonds. The number of amides is 2. The Morgan fingerprint density at radius 1 is 1.39 bits per heavy atom. The molecule has 0 aliphatic rings. The van der Waals surface area contributed by atoms with Gasteiger partial charge in [-0.15, -0.1) is 0 Å². The highest BCUT2D eigenvalue weighted by Crippen LogP contribution is 2.06. The smallest absolute Gasteiger partial charge is 0.245 e. The van der Waals surface area contributed by atoms with E-state index in [1.165, 1.54) is 18.9 Å². The van der Waals surface area contributed by atoms with Gasteiger partial charge in [-0.25, -0.2) is 0 Å². The van der Waals surface area contributed by atoms with Gasteiger partial charge in [0.25, 0.3) is 0 Å². The van der Waals surface area contributed by atoms with E-state index in [-0.39, 0.29) is 30.9 Å². The Morgan fingerprint density at radius 3 is 2.33 bits per heavy atom. The summed E-state index contributed by atoms with van der Waals surface area (Å²) < 4.78 is 4.80. The molecular formula is C12H24N2O4. The monoisotopic (exact) mass is 260 g/mol. The zero-order valence-corrected chi connectivity index (χ0v) is 11.8. The fourth-order valence-electron chi connectivity index (χ4n) is 1.62. The minimum absolute atomic E-state index is 0.0107. The molecule has 0 aromatic rings. The fraction of sp³-hybridized carbons (Fsp3) is 0.833. The number of nitrogens with zero attached hydrogens (tertiary/aromatic N) is 1. The molecule has 6 heteroatoms. The average Bonchev–Trinajstić information content (AvgIpc) is 2.24. The second-order valence-electron chi connectivity index (χ2n) is 4.75. The molecule has 0 aromatic carbocycles. The van der Waals surface area contributed by atoms with Crippen LogP contribution in [0, 0.1) is 5.92 Å². The summed E-state index contributed by atoms with van der Waals surface area (Å²) in [5.41, 5.74) is 0. The van der Waals surface area contributed by atoms with Gasteiger partial charge in [-0.05, 0) is 5.92 Å². The van der Waals surface area contributed by atoms with Crippen molar-refractivity contribution in [2.24, 2.45) is 5.92 Å². The third-order valence-electron chi connectivity index (χ3n) is 2.51. The van der Waals surface area contributed by atoms with Crippen LogP contribution in [0.15, 0.2) is 0 Å². The number of rotatable bonds is 7. The Labute approximate surface area is 108 Å². The Bertz CT molecular complexity index is 281. The number of aliphatic hydroxyl groups excluding tert-OH is 1. The molecule has 0 rings (SSSR count). The van der Waals surface area contributed by atoms with E-state index in [9.17, 15) is 14.7 Å². The highest BCUT2D eigenvalue weighted by atomic mass is 16.5. The molecule has 0 aliphatic heterocycles. The van der Waals surface area contributed by atoms with Crippen LogP contribution in [0.4, 0.5) is 0 Å². The Balaban J connectivity index is 4.51. The van der Waals surface area contributed by atoms with Gasteiger partial charge in [0.2, 0.25) is 11.8 Å². The van der Waals surface area contributed by atoms with Gasteiger partial charge in [-0.2, -0.15) is 0 Å². The van der Waals surface area contributed by atoms with Crippen LogP contribution in [0.1, 0.15) is 20.8 Å². The van der Waals surface area contributed by atoms with Crippen molar-refractivity contribution in [3.63, 3.8) is 0 Å². The van der Waals surface area contributed by atoms with Crippen LogP contribution < -0.4 is 5.32 Å². The molecular weight excluding hydrogens is 236 g/mol. The van der Waals surface area contributed by atoms with E-state index in [0.717, 1.165) is 0 Å². The van der Waals surface area contributed by atoms with Crippen molar-refractivity contribution in [3.8, 4) is 0 Å². The van der Waals surface area contributed by atoms with Crippen LogP contribution in [0.5, 0.6) is 0 Å². The first-order valence-electron chi connectivity index (χ1n) is 5.98. The van der Waals surface area contributed by atoms with Gasteiger partial charge in [-0.1, -0.05) is 13.8 Å². The van der Waals surface area contributed by atoms with Crippen LogP contribution >= 0.6 is 0 Å². The average molecular weight is 260 g/mol. The van der Waals surface area contributed by atoms with Crippen LogP contribution in [-0.4, -0.2) is 61.3 Å². The number of carbonyl (C=O) groups is 2. The van der Waals surface area contributed by atoms with Gasteiger partial charge in [0.05, 0.1) is 12.7 Å². The van der Waals surface area contributed by atoms with Gasteiger partial charge >= 0.3 is 0 Å². The lowest BCUT2D eigenvalue weighted by atomic mass is 10.0. The standard InChI is InChI=1S/C12H24N2O4/c1-8(2)11(13-9(3)15)12(17)14(4)6-10(16)7-18-5/h8,10-11,16H,6-7H2,1-5H3,(H,13,15). The van der Waals surface area contributed by atoms with Gasteiger partial charge in [0.15, 0.2) is 0 Å². The number of likely N-dealkylation sites (N-methyl/N-ethyl adjacent to an activating group) is 1. The van der Waals surface area contributed by atoms with Gasteiger partial charge in [-0.3, -0.25) is 9.59 Å². The molecule has 0 heterocycles. The van der Waals surface area contributed by atoms with Crippen molar-refractivity contribution in [3.05, 3.63) is 0 Å². The predicted octanol–water partition coefficient (Wildman–Crippen LogP) is -0.387. The van der Waals surface area contributed by atoms with E-state index < -0.39 is 12.1 Å². The summed E-state index contributed by atoms with van der Waals surface area (Å²) in [6.07, 6.45) is -0.728. The first-order valence-corrected chi connectivity index (χ1v) is 5.98. The summed E-state index contributed by atoms with van der Waals surface area (Å²) in [6.45, 7) is 5.44. The summed E-state index contributed by atoms with van der Waals surface area (Å²) >= 11 is 0. The number of methoxy groups -OCH3 is 1. The minimum atomic E-state index is -0.728. The van der Waals surface area contributed by atoms with Crippen LogP contribution in [-0.2, 0) is 14.3 Å². The number of nitrogens with one attached hydrogen (secondary N) is 1. The Kier molecular flexibility index (Phi) is 7.54. The van der Waals surface area contributed by atoms with Crippen LogP contribution in [0.3, 0.4) is 0 Å². The molecule has 0 saturated carbocycles. The highest BCUT2D eigenvalue weighted by molar-refractivity contribution is 5.86. The summed E-state index contributed by atoms with van der Waals surface area (Å²) in [6, 6.07) is -0.567. The zero-order valence-electron chi connectivity index (χ0n) is 11.8. The normalized spacial score (nSPS) is 14.2. The van der Waals surface area contributed by atoms with Crippen molar-refractivity contribution in [2.45, 2.75) is 32.9 Å². The van der Waals surface area contributed by atoms with E-state index in [4.69, 9.17) is 4.74 Å². The molecule has 6 nitrogen and oxygen atoms in total. The largest absolute Gasteiger partial charge is 0.389 e. The zero-order chi connectivity index (χ0) is 14.3. The van der Waals surface area contributed by atoms with Crippen LogP contribution in [0.2, 0.25) is 0 Å². The van der Waals surface area contributed by atoms with E-state index in [2.05, 4.69) is 5.32 Å². The maximum atomic E-state index is 12.1. The van der Waals surface area contributed by atoms with Gasteiger partial charge in [0.1, 0.15) is 6.04 Å². The summed E-state index contributed by atoms with van der Waals surface area (Å²) in [5, 5.41) is 12.2. The molecule has 0 saturated heterocycles. The maximum absolute atomic E-state index is 12.1. The number of carbonyl (C=O) groups excluding carboxylic acids is 2. The first kappa shape index (κ1) is 16.9. The molecule has 2 atom stereocenters. The second kappa shape index (κ2) is 8.05. The lowest BCUT2D eigenvalue weighted by Crippen LogP contribution is -2.51. The van der Waals surface area contributed by atoms with E-state index >= 15 is 0 Å². The third-order valence-corrected chi connectivity index (χ3v) is 2.51. The SMILES string of the molecule is COCC(O)CN(C)C(=O)C(NC(C)=O)C(C)C. The van der Waals surface area contributed by atoms with E-state index in [0.29, 0.717) is 0 Å². The molecule has 0 bridgehead atoms. The van der Waals surface area contributed by atoms with Crippen molar-refractivity contribution in [2.75, 3.05) is 27.3 Å². The highest BCUT2D eigenvalue weighted by Gasteiger charge is 2.26. The topological polar surface area (TPSA) is 78.9 Å². The first-order chi connectivity index (χ1) is 8.29. The molecule has 0 aliphatic carbocycles. The quantitative estimate of drug-likeness (QED) is 0.653. The van der Waals surface area contributed by atoms with Crippen molar-refractivity contribution in [1.29, 1.82) is 0 Å². The number of hydrogen-bond donors (Lipinski definition) is 2. The maximum Gasteiger partial charge on any atom is 0.245 e.